The quantitative estimate of drug-likeness (QED) is 0.359. The first kappa shape index (κ1) is 29.4. The Balaban J connectivity index is 1.65. The molecule has 10 heteroatoms. The molecule has 2 heterocycles. The molecule has 1 aliphatic rings. The Kier molecular flexibility index (Phi) is 7.94. The molecule has 0 fully saturated rings. The average Bonchev–Trinajstić information content (AvgIpc) is 3.40. The molecule has 0 bridgehead atoms. The van der Waals surface area contributed by atoms with Crippen LogP contribution in [0.15, 0.2) is 30.5 Å². The van der Waals surface area contributed by atoms with Gasteiger partial charge in [0.25, 0.3) is 0 Å². The minimum Gasteiger partial charge on any atom is -0.416 e. The summed E-state index contributed by atoms with van der Waals surface area (Å²) >= 11 is 0. The standard InChI is InChI=1S/C30H41N7O2Si/c1-20-14-26(37(35-20)18-27(38)36(6)7)34-28-32-13-11-25(33-28)21-15-22(17-31)23-10-12-30(5,24(23)16-21)19-39-40(8,9)29(2,3)4/h11,13-16H,10,12,18-19H2,1-9H3,(H,32,33,34). The fourth-order valence-corrected chi connectivity index (χ4v) is 5.81. The summed E-state index contributed by atoms with van der Waals surface area (Å²) in [5.74, 6) is 0.953. The van der Waals surface area contributed by atoms with Gasteiger partial charge in [-0.2, -0.15) is 10.4 Å². The lowest BCUT2D eigenvalue weighted by Crippen LogP contribution is -2.44. The first-order valence-corrected chi connectivity index (χ1v) is 16.6. The van der Waals surface area contributed by atoms with Crippen LogP contribution in [0.4, 0.5) is 11.8 Å². The van der Waals surface area contributed by atoms with Crippen molar-refractivity contribution in [3.8, 4) is 17.3 Å². The van der Waals surface area contributed by atoms with Crippen molar-refractivity contribution in [3.05, 3.63) is 52.8 Å². The van der Waals surface area contributed by atoms with Crippen molar-refractivity contribution in [2.24, 2.45) is 0 Å². The molecule has 1 aliphatic carbocycles. The summed E-state index contributed by atoms with van der Waals surface area (Å²) < 4.78 is 8.30. The molecule has 0 saturated heterocycles. The third-order valence-corrected chi connectivity index (χ3v) is 12.9. The molecule has 1 N–H and O–H groups in total. The molecule has 0 spiro atoms. The normalized spacial score (nSPS) is 16.9. The van der Waals surface area contributed by atoms with Crippen LogP contribution in [0.1, 0.15) is 56.5 Å². The average molecular weight is 560 g/mol. The fraction of sp³-hybridized carbons (Fsp3) is 0.500. The van der Waals surface area contributed by atoms with Gasteiger partial charge in [-0.05, 0) is 67.2 Å². The van der Waals surface area contributed by atoms with Crippen LogP contribution in [-0.2, 0) is 27.6 Å². The first-order chi connectivity index (χ1) is 18.6. The van der Waals surface area contributed by atoms with E-state index < -0.39 is 8.32 Å². The number of amides is 1. The number of fused-ring (bicyclic) bond motifs is 1. The third-order valence-electron chi connectivity index (χ3n) is 8.38. The van der Waals surface area contributed by atoms with E-state index in [0.717, 1.165) is 29.7 Å². The molecule has 212 valence electrons. The van der Waals surface area contributed by atoms with Gasteiger partial charge in [0, 0.05) is 43.9 Å². The summed E-state index contributed by atoms with van der Waals surface area (Å²) in [6.45, 7) is 16.2. The Morgan fingerprint density at radius 3 is 2.65 bits per heavy atom. The summed E-state index contributed by atoms with van der Waals surface area (Å²) in [4.78, 5) is 23.0. The highest BCUT2D eigenvalue weighted by Gasteiger charge is 2.42. The van der Waals surface area contributed by atoms with Gasteiger partial charge in [0.2, 0.25) is 11.9 Å². The van der Waals surface area contributed by atoms with Gasteiger partial charge in [-0.1, -0.05) is 27.7 Å². The Morgan fingerprint density at radius 2 is 2.00 bits per heavy atom. The van der Waals surface area contributed by atoms with Crippen LogP contribution in [0.2, 0.25) is 18.1 Å². The molecule has 0 radical (unpaired) electrons. The predicted molar refractivity (Wildman–Crippen MR) is 160 cm³/mol. The summed E-state index contributed by atoms with van der Waals surface area (Å²) in [6.07, 6.45) is 3.50. The number of rotatable bonds is 8. The highest BCUT2D eigenvalue weighted by atomic mass is 28.4. The van der Waals surface area contributed by atoms with Crippen LogP contribution < -0.4 is 5.32 Å². The summed E-state index contributed by atoms with van der Waals surface area (Å²) in [7, 11) is 1.51. The highest BCUT2D eigenvalue weighted by Crippen LogP contribution is 2.44. The number of hydrogen-bond acceptors (Lipinski definition) is 7. The van der Waals surface area contributed by atoms with Gasteiger partial charge in [0.05, 0.1) is 23.0 Å². The molecule has 1 amide bonds. The van der Waals surface area contributed by atoms with E-state index in [1.165, 1.54) is 10.5 Å². The van der Waals surface area contributed by atoms with Gasteiger partial charge in [0.15, 0.2) is 8.32 Å². The molecule has 40 heavy (non-hydrogen) atoms. The zero-order chi connectivity index (χ0) is 29.5. The van der Waals surface area contributed by atoms with E-state index >= 15 is 0 Å². The van der Waals surface area contributed by atoms with E-state index in [1.807, 2.05) is 25.1 Å². The number of anilines is 2. The molecule has 3 aromatic rings. The number of nitrogens with one attached hydrogen (secondary N) is 1. The Morgan fingerprint density at radius 1 is 1.27 bits per heavy atom. The molecule has 1 unspecified atom stereocenters. The Bertz CT molecular complexity index is 1470. The maximum atomic E-state index is 12.3. The highest BCUT2D eigenvalue weighted by molar-refractivity contribution is 6.74. The molecule has 2 aromatic heterocycles. The van der Waals surface area contributed by atoms with Crippen LogP contribution in [0, 0.1) is 18.3 Å². The molecule has 1 aromatic carbocycles. The maximum Gasteiger partial charge on any atom is 0.243 e. The van der Waals surface area contributed by atoms with Crippen molar-refractivity contribution in [3.63, 3.8) is 0 Å². The number of likely N-dealkylation sites (N-methyl/N-ethyl adjacent to an activating group) is 1. The van der Waals surface area contributed by atoms with Crippen molar-refractivity contribution in [2.75, 3.05) is 26.0 Å². The zero-order valence-corrected chi connectivity index (χ0v) is 26.2. The lowest BCUT2D eigenvalue weighted by molar-refractivity contribution is -0.129. The number of benzene rings is 1. The van der Waals surface area contributed by atoms with E-state index in [0.29, 0.717) is 29.6 Å². The van der Waals surface area contributed by atoms with Gasteiger partial charge < -0.3 is 14.6 Å². The molecule has 0 saturated carbocycles. The second-order valence-electron chi connectivity index (χ2n) is 12.8. The van der Waals surface area contributed by atoms with Crippen LogP contribution in [0.5, 0.6) is 0 Å². The molecule has 0 aliphatic heterocycles. The first-order valence-electron chi connectivity index (χ1n) is 13.7. The Hall–Kier alpha value is -3.55. The smallest absolute Gasteiger partial charge is 0.243 e. The topological polar surface area (TPSA) is 109 Å². The zero-order valence-electron chi connectivity index (χ0n) is 25.2. The second-order valence-corrected chi connectivity index (χ2v) is 17.6. The minimum atomic E-state index is -1.93. The fourth-order valence-electron chi connectivity index (χ4n) is 4.70. The largest absolute Gasteiger partial charge is 0.416 e. The molecule has 1 atom stereocenters. The van der Waals surface area contributed by atoms with Crippen molar-refractivity contribution >= 4 is 26.0 Å². The van der Waals surface area contributed by atoms with Gasteiger partial charge in [0.1, 0.15) is 12.4 Å². The van der Waals surface area contributed by atoms with E-state index in [2.05, 4.69) is 68.3 Å². The van der Waals surface area contributed by atoms with Crippen molar-refractivity contribution < 1.29 is 9.22 Å². The molecule has 9 nitrogen and oxygen atoms in total. The number of carbonyl (C=O) groups excluding carboxylic acids is 1. The number of hydrogen-bond donors (Lipinski definition) is 1. The van der Waals surface area contributed by atoms with Crippen LogP contribution in [0.3, 0.4) is 0 Å². The lowest BCUT2D eigenvalue weighted by atomic mass is 9.83. The Labute approximate surface area is 238 Å². The van der Waals surface area contributed by atoms with Gasteiger partial charge in [-0.25, -0.2) is 14.6 Å². The van der Waals surface area contributed by atoms with E-state index in [9.17, 15) is 10.1 Å². The molecular weight excluding hydrogens is 518 g/mol. The van der Waals surface area contributed by atoms with Crippen LogP contribution in [-0.4, -0.2) is 59.6 Å². The third kappa shape index (κ3) is 5.95. The summed E-state index contributed by atoms with van der Waals surface area (Å²) in [5.41, 5.74) is 5.16. The molecular formula is C30H41N7O2Si. The SMILES string of the molecule is Cc1cc(Nc2nccc(-c3cc(C#N)c4c(c3)C(C)(CO[Si](C)(C)C(C)(C)C)CC4)n2)n(CC(=O)N(C)C)n1. The van der Waals surface area contributed by atoms with E-state index in [4.69, 9.17) is 9.41 Å². The number of aromatic nitrogens is 4. The van der Waals surface area contributed by atoms with Crippen molar-refractivity contribution in [1.82, 2.24) is 24.6 Å². The predicted octanol–water partition coefficient (Wildman–Crippen LogP) is 5.58. The lowest BCUT2D eigenvalue weighted by Gasteiger charge is -2.39. The number of nitrogens with zero attached hydrogens (tertiary/aromatic N) is 6. The van der Waals surface area contributed by atoms with Gasteiger partial charge in [-0.3, -0.25) is 4.79 Å². The summed E-state index contributed by atoms with van der Waals surface area (Å²) in [6, 6.07) is 10.2. The maximum absolute atomic E-state index is 12.3. The second kappa shape index (κ2) is 10.8. The number of aryl methyl sites for hydroxylation is 1. The van der Waals surface area contributed by atoms with Gasteiger partial charge >= 0.3 is 0 Å². The van der Waals surface area contributed by atoms with Crippen molar-refractivity contribution in [1.29, 1.82) is 5.26 Å². The van der Waals surface area contributed by atoms with E-state index in [-0.39, 0.29) is 22.9 Å². The number of nitriles is 1. The van der Waals surface area contributed by atoms with Gasteiger partial charge in [-0.15, -0.1) is 0 Å². The number of carbonyl (C=O) groups is 1. The summed E-state index contributed by atoms with van der Waals surface area (Å²) in [5, 5.41) is 17.8. The van der Waals surface area contributed by atoms with Crippen molar-refractivity contribution in [2.45, 2.75) is 77.6 Å². The van der Waals surface area contributed by atoms with Crippen LogP contribution >= 0.6 is 0 Å². The van der Waals surface area contributed by atoms with Crippen LogP contribution in [0.25, 0.3) is 11.3 Å². The van der Waals surface area contributed by atoms with E-state index in [1.54, 1.807) is 25.0 Å². The molecule has 4 rings (SSSR count). The monoisotopic (exact) mass is 559 g/mol. The minimum absolute atomic E-state index is 0.0661.